The number of hydrogen-bond donors (Lipinski definition) is 2. The van der Waals surface area contributed by atoms with Gasteiger partial charge in [0, 0.05) is 25.3 Å². The van der Waals surface area contributed by atoms with Crippen molar-refractivity contribution in [2.45, 2.75) is 45.2 Å². The predicted molar refractivity (Wildman–Crippen MR) is 77.6 cm³/mol. The molecule has 0 aromatic heterocycles. The first kappa shape index (κ1) is 16.8. The Labute approximate surface area is 123 Å². The largest absolute Gasteiger partial charge is 0.480 e. The Balaban J connectivity index is 2.36. The fourth-order valence-corrected chi connectivity index (χ4v) is 3.16. The lowest BCUT2D eigenvalue weighted by atomic mass is 10.0. The summed E-state index contributed by atoms with van der Waals surface area (Å²) in [7, 11) is 0. The van der Waals surface area contributed by atoms with Crippen molar-refractivity contribution in [1.29, 1.82) is 0 Å². The smallest absolute Gasteiger partial charge is 0.327 e. The van der Waals surface area contributed by atoms with E-state index >= 15 is 0 Å². The summed E-state index contributed by atoms with van der Waals surface area (Å²) < 4.78 is 0. The van der Waals surface area contributed by atoms with Gasteiger partial charge in [-0.3, -0.25) is 9.59 Å². The van der Waals surface area contributed by atoms with Gasteiger partial charge in [0.25, 0.3) is 0 Å². The van der Waals surface area contributed by atoms with Gasteiger partial charge in [-0.25, -0.2) is 4.79 Å². The molecule has 1 aliphatic heterocycles. The van der Waals surface area contributed by atoms with E-state index in [2.05, 4.69) is 5.32 Å². The van der Waals surface area contributed by atoms with E-state index in [0.717, 1.165) is 25.8 Å². The van der Waals surface area contributed by atoms with E-state index in [-0.39, 0.29) is 29.4 Å². The zero-order valence-corrected chi connectivity index (χ0v) is 12.7. The van der Waals surface area contributed by atoms with Gasteiger partial charge in [0.15, 0.2) is 0 Å². The molecule has 0 aliphatic carbocycles. The molecule has 1 unspecified atom stereocenters. The molecule has 7 heteroatoms. The van der Waals surface area contributed by atoms with Crippen LogP contribution in [0.2, 0.25) is 0 Å². The molecular formula is C13H22N2O4S. The summed E-state index contributed by atoms with van der Waals surface area (Å²) in [5.41, 5.74) is 0. The fourth-order valence-electron chi connectivity index (χ4n) is 2.24. The summed E-state index contributed by atoms with van der Waals surface area (Å²) in [5.74, 6) is -0.953. The molecule has 0 aromatic rings. The molecule has 2 atom stereocenters. The van der Waals surface area contributed by atoms with Crippen molar-refractivity contribution in [1.82, 2.24) is 10.2 Å². The van der Waals surface area contributed by atoms with Gasteiger partial charge in [-0.2, -0.15) is 0 Å². The van der Waals surface area contributed by atoms with E-state index in [9.17, 15) is 14.4 Å². The van der Waals surface area contributed by atoms with Crippen LogP contribution in [0.4, 0.5) is 0 Å². The number of nitrogens with one attached hydrogen (secondary N) is 1. The van der Waals surface area contributed by atoms with Gasteiger partial charge in [-0.1, -0.05) is 0 Å². The highest BCUT2D eigenvalue weighted by molar-refractivity contribution is 8.00. The second-order valence-corrected chi connectivity index (χ2v) is 6.07. The molecule has 0 radical (unpaired) electrons. The maximum atomic E-state index is 12.1. The fraction of sp³-hybridized carbons (Fsp3) is 0.769. The standard InChI is InChI=1S/C13H22N2O4S/c1-9-5-3-4-6-15(9)12(17)8-20-7-11(13(18)19)14-10(2)16/h9,11H,3-8H2,1-2H3,(H,14,16)(H,18,19)/t9?,11-/m0/s1. The number of likely N-dealkylation sites (tertiary alicyclic amines) is 1. The third-order valence-electron chi connectivity index (χ3n) is 3.31. The van der Waals surface area contributed by atoms with Crippen LogP contribution in [0.3, 0.4) is 0 Å². The first-order chi connectivity index (χ1) is 9.41. The highest BCUT2D eigenvalue weighted by Crippen LogP contribution is 2.18. The molecule has 20 heavy (non-hydrogen) atoms. The van der Waals surface area contributed by atoms with Crippen LogP contribution >= 0.6 is 11.8 Å². The SMILES string of the molecule is CC(=O)N[C@@H](CSCC(=O)N1CCCCC1C)C(=O)O. The van der Waals surface area contributed by atoms with Gasteiger partial charge in [0.05, 0.1) is 5.75 Å². The van der Waals surface area contributed by atoms with Crippen molar-refractivity contribution in [2.75, 3.05) is 18.1 Å². The highest BCUT2D eigenvalue weighted by atomic mass is 32.2. The lowest BCUT2D eigenvalue weighted by Crippen LogP contribution is -2.44. The predicted octanol–water partition coefficient (Wildman–Crippen LogP) is 0.710. The van der Waals surface area contributed by atoms with Crippen molar-refractivity contribution in [3.63, 3.8) is 0 Å². The van der Waals surface area contributed by atoms with Gasteiger partial charge in [-0.05, 0) is 26.2 Å². The van der Waals surface area contributed by atoms with Crippen molar-refractivity contribution in [3.05, 3.63) is 0 Å². The van der Waals surface area contributed by atoms with Crippen molar-refractivity contribution in [3.8, 4) is 0 Å². The summed E-state index contributed by atoms with van der Waals surface area (Å²) in [5, 5.41) is 11.3. The van der Waals surface area contributed by atoms with Crippen LogP contribution in [-0.2, 0) is 14.4 Å². The lowest BCUT2D eigenvalue weighted by Gasteiger charge is -2.33. The topological polar surface area (TPSA) is 86.7 Å². The van der Waals surface area contributed by atoms with E-state index in [0.29, 0.717) is 0 Å². The van der Waals surface area contributed by atoms with Crippen molar-refractivity contribution >= 4 is 29.5 Å². The molecule has 2 amide bonds. The molecule has 0 aromatic carbocycles. The van der Waals surface area contributed by atoms with E-state index in [1.807, 2.05) is 11.8 Å². The van der Waals surface area contributed by atoms with Crippen LogP contribution in [0.5, 0.6) is 0 Å². The van der Waals surface area contributed by atoms with Gasteiger partial charge in [0.1, 0.15) is 6.04 Å². The van der Waals surface area contributed by atoms with Gasteiger partial charge in [0.2, 0.25) is 11.8 Å². The maximum Gasteiger partial charge on any atom is 0.327 e. The Morgan fingerprint density at radius 2 is 2.10 bits per heavy atom. The first-order valence-corrected chi connectivity index (χ1v) is 7.94. The number of carboxylic acid groups (broad SMARTS) is 1. The van der Waals surface area contributed by atoms with Gasteiger partial charge in [-0.15, -0.1) is 11.8 Å². The van der Waals surface area contributed by atoms with Crippen LogP contribution in [0.25, 0.3) is 0 Å². The molecule has 0 saturated carbocycles. The second-order valence-electron chi connectivity index (χ2n) is 5.04. The molecule has 0 spiro atoms. The Bertz CT molecular complexity index is 375. The number of piperidine rings is 1. The van der Waals surface area contributed by atoms with Crippen molar-refractivity contribution < 1.29 is 19.5 Å². The third kappa shape index (κ3) is 5.40. The quantitative estimate of drug-likeness (QED) is 0.754. The Hall–Kier alpha value is -1.24. The molecular weight excluding hydrogens is 280 g/mol. The molecule has 1 saturated heterocycles. The number of carbonyl (C=O) groups excluding carboxylic acids is 2. The second kappa shape index (κ2) is 8.14. The highest BCUT2D eigenvalue weighted by Gasteiger charge is 2.24. The molecule has 114 valence electrons. The van der Waals surface area contributed by atoms with E-state index in [4.69, 9.17) is 5.11 Å². The van der Waals surface area contributed by atoms with E-state index in [1.54, 1.807) is 0 Å². The summed E-state index contributed by atoms with van der Waals surface area (Å²) >= 11 is 1.25. The molecule has 2 N–H and O–H groups in total. The minimum atomic E-state index is -1.08. The summed E-state index contributed by atoms with van der Waals surface area (Å²) in [4.78, 5) is 35.7. The zero-order chi connectivity index (χ0) is 15.1. The van der Waals surface area contributed by atoms with Crippen molar-refractivity contribution in [2.24, 2.45) is 0 Å². The Morgan fingerprint density at radius 3 is 2.65 bits per heavy atom. The monoisotopic (exact) mass is 302 g/mol. The number of carbonyl (C=O) groups is 3. The van der Waals surface area contributed by atoms with Crippen LogP contribution in [0.15, 0.2) is 0 Å². The molecule has 1 heterocycles. The first-order valence-electron chi connectivity index (χ1n) is 6.79. The summed E-state index contributed by atoms with van der Waals surface area (Å²) in [6.45, 7) is 4.11. The Kier molecular flexibility index (Phi) is 6.84. The minimum absolute atomic E-state index is 0.0502. The van der Waals surface area contributed by atoms with E-state index in [1.165, 1.54) is 18.7 Å². The number of aliphatic carboxylic acids is 1. The minimum Gasteiger partial charge on any atom is -0.480 e. The molecule has 1 aliphatic rings. The number of hydrogen-bond acceptors (Lipinski definition) is 4. The van der Waals surface area contributed by atoms with Crippen LogP contribution in [0, 0.1) is 0 Å². The normalized spacial score (nSPS) is 20.3. The number of nitrogens with zero attached hydrogens (tertiary/aromatic N) is 1. The number of thioether (sulfide) groups is 1. The lowest BCUT2D eigenvalue weighted by molar-refractivity contribution is -0.140. The van der Waals surface area contributed by atoms with Crippen LogP contribution in [0.1, 0.15) is 33.1 Å². The van der Waals surface area contributed by atoms with Gasteiger partial charge < -0.3 is 15.3 Å². The van der Waals surface area contributed by atoms with Crippen LogP contribution < -0.4 is 5.32 Å². The third-order valence-corrected chi connectivity index (χ3v) is 4.33. The van der Waals surface area contributed by atoms with E-state index < -0.39 is 12.0 Å². The zero-order valence-electron chi connectivity index (χ0n) is 11.9. The average molecular weight is 302 g/mol. The maximum absolute atomic E-state index is 12.1. The summed E-state index contributed by atoms with van der Waals surface area (Å²) in [6, 6.07) is -0.674. The number of carboxylic acids is 1. The number of amides is 2. The summed E-state index contributed by atoms with van der Waals surface area (Å²) in [6.07, 6.45) is 3.21. The number of rotatable bonds is 6. The molecule has 6 nitrogen and oxygen atoms in total. The molecule has 0 bridgehead atoms. The molecule has 1 rings (SSSR count). The van der Waals surface area contributed by atoms with Gasteiger partial charge >= 0.3 is 5.97 Å². The Morgan fingerprint density at radius 1 is 1.40 bits per heavy atom. The van der Waals surface area contributed by atoms with Crippen LogP contribution in [-0.4, -0.2) is 57.9 Å². The average Bonchev–Trinajstić information content (AvgIpc) is 2.37. The molecule has 1 fully saturated rings.